The average Bonchev–Trinajstić information content (AvgIpc) is 3.36. The molecule has 6 nitrogen and oxygen atoms in total. The number of rotatable bonds is 6. The van der Waals surface area contributed by atoms with Gasteiger partial charge in [-0.3, -0.25) is 4.99 Å². The molecule has 0 atom stereocenters. The topological polar surface area (TPSA) is 72.2 Å². The number of thiazole rings is 1. The molecule has 30 heavy (non-hydrogen) atoms. The first-order valence-corrected chi connectivity index (χ1v) is 10.7. The van der Waals surface area contributed by atoms with Crippen molar-refractivity contribution in [2.24, 2.45) is 10.1 Å². The Morgan fingerprint density at radius 3 is 2.90 bits per heavy atom. The van der Waals surface area contributed by atoms with Gasteiger partial charge in [0.15, 0.2) is 17.3 Å². The summed E-state index contributed by atoms with van der Waals surface area (Å²) in [6.45, 7) is 4.21. The van der Waals surface area contributed by atoms with Crippen molar-refractivity contribution in [3.63, 3.8) is 0 Å². The number of aromatic nitrogens is 1. The molecule has 0 aliphatic heterocycles. The Kier molecular flexibility index (Phi) is 5.87. The van der Waals surface area contributed by atoms with Crippen LogP contribution in [0.25, 0.3) is 22.4 Å². The first kappa shape index (κ1) is 20.2. The Morgan fingerprint density at radius 1 is 1.30 bits per heavy atom. The molecule has 0 aliphatic carbocycles. The number of hydrogen-bond acceptors (Lipinski definition) is 6. The number of methoxy groups -OCH3 is 1. The largest absolute Gasteiger partial charge is 0.503 e. The summed E-state index contributed by atoms with van der Waals surface area (Å²) in [7, 11) is 1.50. The molecule has 0 bridgehead atoms. The number of halogens is 1. The van der Waals surface area contributed by atoms with Gasteiger partial charge >= 0.3 is 0 Å². The molecule has 2 aromatic carbocycles. The normalized spacial score (nSPS) is 12.1. The lowest BCUT2D eigenvalue weighted by Crippen LogP contribution is -2.12. The number of fused-ring (bicyclic) bond motifs is 1. The SMILES string of the molecule is C=CCN=c1scc(-c2cc3ccccc3o2)n1N=Cc1cc(Br)c(O)c(OC)c1. The molecule has 0 radical (unpaired) electrons. The van der Waals surface area contributed by atoms with Gasteiger partial charge in [0.05, 0.1) is 24.3 Å². The van der Waals surface area contributed by atoms with Crippen LogP contribution in [0.2, 0.25) is 0 Å². The van der Waals surface area contributed by atoms with Gasteiger partial charge in [-0.25, -0.2) is 4.68 Å². The number of ether oxygens (including phenoxy) is 1. The Labute approximate surface area is 185 Å². The predicted octanol–water partition coefficient (Wildman–Crippen LogP) is 5.41. The van der Waals surface area contributed by atoms with Crippen LogP contribution >= 0.6 is 27.3 Å². The van der Waals surface area contributed by atoms with Crippen molar-refractivity contribution in [2.45, 2.75) is 0 Å². The second-order valence-corrected chi connectivity index (χ2v) is 7.98. The van der Waals surface area contributed by atoms with E-state index in [0.29, 0.717) is 27.3 Å². The highest BCUT2D eigenvalue weighted by molar-refractivity contribution is 9.10. The van der Waals surface area contributed by atoms with E-state index in [1.54, 1.807) is 29.1 Å². The molecule has 4 aromatic rings. The molecule has 0 saturated carbocycles. The van der Waals surface area contributed by atoms with Crippen LogP contribution in [0.3, 0.4) is 0 Å². The van der Waals surface area contributed by atoms with Gasteiger partial charge in [0, 0.05) is 10.8 Å². The first-order valence-electron chi connectivity index (χ1n) is 9.02. The minimum atomic E-state index is 0.0440. The fourth-order valence-electron chi connectivity index (χ4n) is 2.89. The lowest BCUT2D eigenvalue weighted by Gasteiger charge is -2.06. The van der Waals surface area contributed by atoms with Crippen LogP contribution in [-0.2, 0) is 0 Å². The van der Waals surface area contributed by atoms with Crippen molar-refractivity contribution < 1.29 is 14.3 Å². The maximum Gasteiger partial charge on any atom is 0.206 e. The number of furan rings is 1. The van der Waals surface area contributed by atoms with Crippen LogP contribution in [0, 0.1) is 0 Å². The molecule has 1 N–H and O–H groups in total. The fraction of sp³-hybridized carbons (Fsp3) is 0.0909. The molecule has 8 heteroatoms. The molecule has 0 unspecified atom stereocenters. The van der Waals surface area contributed by atoms with E-state index in [2.05, 4.69) is 32.6 Å². The summed E-state index contributed by atoms with van der Waals surface area (Å²) in [5, 5.41) is 17.6. The molecular weight excluding hydrogens is 466 g/mol. The summed E-state index contributed by atoms with van der Waals surface area (Å²) in [5.74, 6) is 1.10. The predicted molar refractivity (Wildman–Crippen MR) is 123 cm³/mol. The molecule has 0 saturated heterocycles. The van der Waals surface area contributed by atoms with E-state index in [1.165, 1.54) is 18.4 Å². The number of phenols is 1. The number of para-hydroxylation sites is 1. The van der Waals surface area contributed by atoms with Crippen molar-refractivity contribution in [3.8, 4) is 23.0 Å². The van der Waals surface area contributed by atoms with Crippen LogP contribution in [0.1, 0.15) is 5.56 Å². The maximum atomic E-state index is 10.0. The molecule has 2 heterocycles. The van der Waals surface area contributed by atoms with Gasteiger partial charge in [-0.15, -0.1) is 17.9 Å². The smallest absolute Gasteiger partial charge is 0.206 e. The molecule has 0 fully saturated rings. The second-order valence-electron chi connectivity index (χ2n) is 6.29. The van der Waals surface area contributed by atoms with Gasteiger partial charge in [-0.1, -0.05) is 24.3 Å². The van der Waals surface area contributed by atoms with Crippen LogP contribution in [0.5, 0.6) is 11.5 Å². The van der Waals surface area contributed by atoms with E-state index >= 15 is 0 Å². The minimum absolute atomic E-state index is 0.0440. The van der Waals surface area contributed by atoms with Crippen LogP contribution in [0.4, 0.5) is 0 Å². The Balaban J connectivity index is 1.81. The van der Waals surface area contributed by atoms with Gasteiger partial charge in [-0.2, -0.15) is 5.10 Å². The third-order valence-electron chi connectivity index (χ3n) is 4.31. The number of phenolic OH excluding ortho intramolecular Hbond substituents is 1. The molecule has 0 amide bonds. The second kappa shape index (κ2) is 8.73. The highest BCUT2D eigenvalue weighted by atomic mass is 79.9. The van der Waals surface area contributed by atoms with Crippen LogP contribution in [0.15, 0.2) is 79.5 Å². The molecule has 152 valence electrons. The summed E-state index contributed by atoms with van der Waals surface area (Å²) in [6, 6.07) is 13.3. The lowest BCUT2D eigenvalue weighted by atomic mass is 10.2. The zero-order chi connectivity index (χ0) is 21.1. The van der Waals surface area contributed by atoms with E-state index in [1.807, 2.05) is 35.7 Å². The Morgan fingerprint density at radius 2 is 2.13 bits per heavy atom. The van der Waals surface area contributed by atoms with Crippen molar-refractivity contribution in [2.75, 3.05) is 13.7 Å². The number of benzene rings is 2. The van der Waals surface area contributed by atoms with E-state index in [0.717, 1.165) is 22.2 Å². The first-order chi connectivity index (χ1) is 14.6. The van der Waals surface area contributed by atoms with Crippen LogP contribution < -0.4 is 9.54 Å². The zero-order valence-electron chi connectivity index (χ0n) is 16.1. The van der Waals surface area contributed by atoms with Gasteiger partial charge in [0.25, 0.3) is 0 Å². The number of hydrogen-bond donors (Lipinski definition) is 1. The van der Waals surface area contributed by atoms with E-state index < -0.39 is 0 Å². The summed E-state index contributed by atoms with van der Waals surface area (Å²) < 4.78 is 13.5. The minimum Gasteiger partial charge on any atom is -0.503 e. The molecule has 0 aliphatic rings. The van der Waals surface area contributed by atoms with Gasteiger partial charge in [-0.05, 0) is 45.8 Å². The third-order valence-corrected chi connectivity index (χ3v) is 5.77. The highest BCUT2D eigenvalue weighted by Crippen LogP contribution is 2.35. The fourth-order valence-corrected chi connectivity index (χ4v) is 4.18. The quantitative estimate of drug-likeness (QED) is 0.294. The summed E-state index contributed by atoms with van der Waals surface area (Å²) in [5.41, 5.74) is 2.35. The summed E-state index contributed by atoms with van der Waals surface area (Å²) in [4.78, 5) is 5.25. The lowest BCUT2D eigenvalue weighted by molar-refractivity contribution is 0.372. The summed E-state index contributed by atoms with van der Waals surface area (Å²) in [6.07, 6.45) is 3.41. The van der Waals surface area contributed by atoms with Crippen LogP contribution in [-0.4, -0.2) is 29.7 Å². The molecule has 2 aromatic heterocycles. The van der Waals surface area contributed by atoms with E-state index in [9.17, 15) is 5.11 Å². The van der Waals surface area contributed by atoms with Gasteiger partial charge < -0.3 is 14.3 Å². The van der Waals surface area contributed by atoms with Crippen molar-refractivity contribution in [3.05, 3.63) is 75.3 Å². The number of aromatic hydroxyl groups is 1. The van der Waals surface area contributed by atoms with Crippen molar-refractivity contribution >= 4 is 44.5 Å². The molecule has 0 spiro atoms. The molecule has 4 rings (SSSR count). The maximum absolute atomic E-state index is 10.0. The average molecular weight is 484 g/mol. The van der Waals surface area contributed by atoms with Gasteiger partial charge in [0.1, 0.15) is 11.3 Å². The van der Waals surface area contributed by atoms with Crippen molar-refractivity contribution in [1.29, 1.82) is 0 Å². The standard InChI is InChI=1S/C22H18BrN3O3S/c1-3-8-24-22-26(25-12-14-9-16(23)21(27)20(10-14)28-2)17(13-30-22)19-11-15-6-4-5-7-18(15)29-19/h3-7,9-13,27H,1,8H2,2H3. The molecular formula is C22H18BrN3O3S. The van der Waals surface area contributed by atoms with Crippen molar-refractivity contribution in [1.82, 2.24) is 4.68 Å². The van der Waals surface area contributed by atoms with Gasteiger partial charge in [0.2, 0.25) is 4.80 Å². The highest BCUT2D eigenvalue weighted by Gasteiger charge is 2.13. The third kappa shape index (κ3) is 3.96. The number of nitrogens with zero attached hydrogens (tertiary/aromatic N) is 3. The van der Waals surface area contributed by atoms with E-state index in [-0.39, 0.29) is 5.75 Å². The van der Waals surface area contributed by atoms with E-state index in [4.69, 9.17) is 9.15 Å². The Bertz CT molecular complexity index is 1280. The zero-order valence-corrected chi connectivity index (χ0v) is 18.5. The monoisotopic (exact) mass is 483 g/mol. The summed E-state index contributed by atoms with van der Waals surface area (Å²) >= 11 is 4.80. The Hall–Kier alpha value is -3.10.